The van der Waals surface area contributed by atoms with Crippen molar-refractivity contribution in [3.05, 3.63) is 0 Å². The highest BCUT2D eigenvalue weighted by atomic mass is 16.5. The Kier molecular flexibility index (Phi) is 9.03. The minimum absolute atomic E-state index is 0.121. The molecule has 0 bridgehead atoms. The quantitative estimate of drug-likeness (QED) is 0.350. The molecule has 0 spiro atoms. The number of ether oxygens (including phenoxy) is 2. The Balaban J connectivity index is 2.95. The van der Waals surface area contributed by atoms with Gasteiger partial charge in [0.2, 0.25) is 0 Å². The predicted molar refractivity (Wildman–Crippen MR) is 50.4 cm³/mol. The summed E-state index contributed by atoms with van der Waals surface area (Å²) in [4.78, 5) is 10.7. The summed E-state index contributed by atoms with van der Waals surface area (Å²) in [7, 11) is 3.08. The topological polar surface area (TPSA) is 47.6 Å². The first-order chi connectivity index (χ1) is 6.31. The first-order valence-corrected chi connectivity index (χ1v) is 4.57. The monoisotopic (exact) mass is 189 g/mol. The van der Waals surface area contributed by atoms with Crippen molar-refractivity contribution >= 4 is 5.97 Å². The summed E-state index contributed by atoms with van der Waals surface area (Å²) in [6.07, 6.45) is 3.55. The number of unbranched alkanes of at least 4 members (excludes halogenated alkanes) is 2. The highest BCUT2D eigenvalue weighted by Crippen LogP contribution is 1.99. The van der Waals surface area contributed by atoms with Crippen LogP contribution in [0.4, 0.5) is 0 Å². The van der Waals surface area contributed by atoms with E-state index in [9.17, 15) is 4.79 Å². The van der Waals surface area contributed by atoms with E-state index in [1.165, 1.54) is 7.11 Å². The van der Waals surface area contributed by atoms with Crippen molar-refractivity contribution in [1.82, 2.24) is 5.32 Å². The van der Waals surface area contributed by atoms with Crippen LogP contribution in [0.15, 0.2) is 0 Å². The molecule has 0 aliphatic carbocycles. The number of nitrogens with one attached hydrogen (secondary N) is 1. The first-order valence-electron chi connectivity index (χ1n) is 4.57. The fraction of sp³-hybridized carbons (Fsp3) is 0.889. The molecular weight excluding hydrogens is 170 g/mol. The standard InChI is InChI=1S/C9H19NO3/c1-12-8-10-7-5-3-4-6-9(11)13-2/h10H,3-8H2,1-2H3. The van der Waals surface area contributed by atoms with Gasteiger partial charge in [0, 0.05) is 13.5 Å². The molecule has 0 atom stereocenters. The Labute approximate surface area is 79.6 Å². The average Bonchev–Trinajstić information content (AvgIpc) is 2.16. The molecular formula is C9H19NO3. The van der Waals surface area contributed by atoms with Crippen LogP contribution in [0.3, 0.4) is 0 Å². The van der Waals surface area contributed by atoms with E-state index in [4.69, 9.17) is 4.74 Å². The van der Waals surface area contributed by atoms with Crippen LogP contribution < -0.4 is 5.32 Å². The molecule has 0 saturated carbocycles. The summed E-state index contributed by atoms with van der Waals surface area (Å²) in [5.74, 6) is -0.121. The van der Waals surface area contributed by atoms with Crippen LogP contribution in [0.1, 0.15) is 25.7 Å². The third kappa shape index (κ3) is 9.30. The zero-order valence-electron chi connectivity index (χ0n) is 8.47. The summed E-state index contributed by atoms with van der Waals surface area (Å²) in [6, 6.07) is 0. The number of carbonyl (C=O) groups excluding carboxylic acids is 1. The molecule has 0 saturated heterocycles. The molecule has 0 aliphatic heterocycles. The second kappa shape index (κ2) is 9.48. The van der Waals surface area contributed by atoms with Crippen LogP contribution in [0, 0.1) is 0 Å². The van der Waals surface area contributed by atoms with Crippen LogP contribution >= 0.6 is 0 Å². The second-order valence-electron chi connectivity index (χ2n) is 2.82. The molecule has 0 rings (SSSR count). The van der Waals surface area contributed by atoms with Crippen molar-refractivity contribution in [2.75, 3.05) is 27.5 Å². The summed E-state index contributed by atoms with van der Waals surface area (Å²) in [5.41, 5.74) is 0. The number of rotatable bonds is 8. The minimum Gasteiger partial charge on any atom is -0.469 e. The Morgan fingerprint density at radius 3 is 2.62 bits per heavy atom. The van der Waals surface area contributed by atoms with E-state index in [1.54, 1.807) is 7.11 Å². The molecule has 0 radical (unpaired) electrons. The number of hydrogen-bond donors (Lipinski definition) is 1. The van der Waals surface area contributed by atoms with E-state index in [0.29, 0.717) is 13.2 Å². The zero-order valence-corrected chi connectivity index (χ0v) is 8.47. The van der Waals surface area contributed by atoms with Crippen LogP contribution in [0.25, 0.3) is 0 Å². The molecule has 13 heavy (non-hydrogen) atoms. The molecule has 4 heteroatoms. The van der Waals surface area contributed by atoms with E-state index >= 15 is 0 Å². The van der Waals surface area contributed by atoms with Gasteiger partial charge in [0.1, 0.15) is 0 Å². The van der Waals surface area contributed by atoms with Gasteiger partial charge in [-0.15, -0.1) is 0 Å². The largest absolute Gasteiger partial charge is 0.469 e. The maximum absolute atomic E-state index is 10.7. The van der Waals surface area contributed by atoms with Crippen molar-refractivity contribution in [2.45, 2.75) is 25.7 Å². The lowest BCUT2D eigenvalue weighted by molar-refractivity contribution is -0.140. The van der Waals surface area contributed by atoms with Crippen molar-refractivity contribution < 1.29 is 14.3 Å². The lowest BCUT2D eigenvalue weighted by atomic mass is 10.2. The maximum atomic E-state index is 10.7. The van der Waals surface area contributed by atoms with Gasteiger partial charge in [-0.2, -0.15) is 0 Å². The summed E-state index contributed by atoms with van der Waals surface area (Å²) < 4.78 is 9.34. The molecule has 0 aliphatic rings. The number of hydrogen-bond acceptors (Lipinski definition) is 4. The van der Waals surface area contributed by atoms with E-state index in [-0.39, 0.29) is 5.97 Å². The Morgan fingerprint density at radius 2 is 2.00 bits per heavy atom. The average molecular weight is 189 g/mol. The van der Waals surface area contributed by atoms with Crippen LogP contribution in [-0.4, -0.2) is 33.5 Å². The Bertz CT molecular complexity index is 128. The second-order valence-corrected chi connectivity index (χ2v) is 2.82. The van der Waals surface area contributed by atoms with Gasteiger partial charge in [-0.05, 0) is 19.4 Å². The van der Waals surface area contributed by atoms with E-state index in [2.05, 4.69) is 10.1 Å². The number of methoxy groups -OCH3 is 2. The van der Waals surface area contributed by atoms with Gasteiger partial charge in [-0.1, -0.05) is 6.42 Å². The van der Waals surface area contributed by atoms with Gasteiger partial charge in [-0.3, -0.25) is 10.1 Å². The molecule has 1 N–H and O–H groups in total. The highest BCUT2D eigenvalue weighted by Gasteiger charge is 1.98. The fourth-order valence-electron chi connectivity index (χ4n) is 0.972. The van der Waals surface area contributed by atoms with Crippen molar-refractivity contribution in [1.29, 1.82) is 0 Å². The third-order valence-corrected chi connectivity index (χ3v) is 1.71. The highest BCUT2D eigenvalue weighted by molar-refractivity contribution is 5.68. The third-order valence-electron chi connectivity index (χ3n) is 1.71. The van der Waals surface area contributed by atoms with Gasteiger partial charge >= 0.3 is 5.97 Å². The van der Waals surface area contributed by atoms with E-state index < -0.39 is 0 Å². The molecule has 0 heterocycles. The summed E-state index contributed by atoms with van der Waals surface area (Å²) >= 11 is 0. The van der Waals surface area contributed by atoms with Crippen LogP contribution in [0.5, 0.6) is 0 Å². The van der Waals surface area contributed by atoms with Gasteiger partial charge in [0.15, 0.2) is 0 Å². The molecule has 0 unspecified atom stereocenters. The smallest absolute Gasteiger partial charge is 0.305 e. The van der Waals surface area contributed by atoms with Crippen LogP contribution in [-0.2, 0) is 14.3 Å². The zero-order chi connectivity index (χ0) is 9.94. The predicted octanol–water partition coefficient (Wildman–Crippen LogP) is 0.913. The molecule has 0 fully saturated rings. The number of esters is 1. The summed E-state index contributed by atoms with van der Waals surface area (Å²) in [6.45, 7) is 1.53. The Hall–Kier alpha value is -0.610. The molecule has 0 amide bonds. The van der Waals surface area contributed by atoms with E-state index in [1.807, 2.05) is 0 Å². The molecule has 0 aromatic carbocycles. The fourth-order valence-corrected chi connectivity index (χ4v) is 0.972. The van der Waals surface area contributed by atoms with Crippen molar-refractivity contribution in [3.8, 4) is 0 Å². The van der Waals surface area contributed by atoms with Crippen LogP contribution in [0.2, 0.25) is 0 Å². The van der Waals surface area contributed by atoms with Gasteiger partial charge < -0.3 is 9.47 Å². The minimum atomic E-state index is -0.121. The summed E-state index contributed by atoms with van der Waals surface area (Å²) in [5, 5.41) is 3.10. The van der Waals surface area contributed by atoms with Gasteiger partial charge in [0.05, 0.1) is 13.8 Å². The lowest BCUT2D eigenvalue weighted by Gasteiger charge is -2.02. The Morgan fingerprint density at radius 1 is 1.23 bits per heavy atom. The van der Waals surface area contributed by atoms with Crippen molar-refractivity contribution in [2.24, 2.45) is 0 Å². The van der Waals surface area contributed by atoms with Crippen molar-refractivity contribution in [3.63, 3.8) is 0 Å². The lowest BCUT2D eigenvalue weighted by Crippen LogP contribution is -2.17. The first kappa shape index (κ1) is 12.4. The van der Waals surface area contributed by atoms with Gasteiger partial charge in [0.25, 0.3) is 0 Å². The molecule has 78 valence electrons. The van der Waals surface area contributed by atoms with E-state index in [0.717, 1.165) is 25.8 Å². The normalized spacial score (nSPS) is 10.0. The molecule has 0 aromatic rings. The maximum Gasteiger partial charge on any atom is 0.305 e. The SMILES string of the molecule is COCNCCCCCC(=O)OC. The number of carbonyl (C=O) groups is 1. The molecule has 4 nitrogen and oxygen atoms in total. The van der Waals surface area contributed by atoms with Gasteiger partial charge in [-0.25, -0.2) is 0 Å². The molecule has 0 aromatic heterocycles.